The number of fused-ring (bicyclic) bond motifs is 1. The normalized spacial score (nSPS) is 15.4. The van der Waals surface area contributed by atoms with Crippen LogP contribution in [0.1, 0.15) is 23.8 Å². The molecule has 3 N–H and O–H groups in total. The molecular weight excluding hydrogens is 452 g/mol. The van der Waals surface area contributed by atoms with E-state index in [1.807, 2.05) is 49.4 Å². The summed E-state index contributed by atoms with van der Waals surface area (Å²) in [6.45, 7) is 3.81. The number of anilines is 2. The van der Waals surface area contributed by atoms with Crippen LogP contribution in [-0.4, -0.2) is 57.2 Å². The van der Waals surface area contributed by atoms with Crippen LogP contribution >= 0.6 is 11.3 Å². The van der Waals surface area contributed by atoms with Gasteiger partial charge in [0.2, 0.25) is 0 Å². The highest BCUT2D eigenvalue weighted by Gasteiger charge is 2.26. The maximum Gasteiger partial charge on any atom is 0.320 e. The van der Waals surface area contributed by atoms with Gasteiger partial charge in [0.25, 0.3) is 5.91 Å². The third kappa shape index (κ3) is 4.69. The molecule has 5 rings (SSSR count). The summed E-state index contributed by atoms with van der Waals surface area (Å²) in [5.74, 6) is 1.05. The van der Waals surface area contributed by atoms with E-state index in [4.69, 9.17) is 0 Å². The van der Waals surface area contributed by atoms with Gasteiger partial charge in [-0.1, -0.05) is 30.3 Å². The zero-order valence-electron chi connectivity index (χ0n) is 18.6. The Bertz CT molecular complexity index is 1320. The second-order valence-electron chi connectivity index (χ2n) is 7.91. The minimum absolute atomic E-state index is 0.00428. The van der Waals surface area contributed by atoms with Gasteiger partial charge in [-0.05, 0) is 25.5 Å². The van der Waals surface area contributed by atoms with E-state index in [1.165, 1.54) is 11.3 Å². The summed E-state index contributed by atoms with van der Waals surface area (Å²) < 4.78 is 1.64. The lowest BCUT2D eigenvalue weighted by atomic mass is 10.2. The molecule has 0 radical (unpaired) electrons. The van der Waals surface area contributed by atoms with E-state index in [9.17, 15) is 9.59 Å². The SMILES string of the molecule is CCNC(=O)Nc1cn2nc(N3CC[C@H](NC(=O)c4csc(-c5ccccc5)n4)C3)ccc2n1. The van der Waals surface area contributed by atoms with Crippen molar-refractivity contribution in [2.75, 3.05) is 29.9 Å². The average molecular weight is 477 g/mol. The van der Waals surface area contributed by atoms with Gasteiger partial charge >= 0.3 is 6.03 Å². The second kappa shape index (κ2) is 9.48. The number of nitrogens with zero attached hydrogens (tertiary/aromatic N) is 5. The fraction of sp³-hybridized carbons (Fsp3) is 0.261. The zero-order chi connectivity index (χ0) is 23.5. The van der Waals surface area contributed by atoms with Crippen molar-refractivity contribution in [1.82, 2.24) is 30.2 Å². The van der Waals surface area contributed by atoms with Gasteiger partial charge in [-0.2, -0.15) is 0 Å². The first-order chi connectivity index (χ1) is 16.6. The van der Waals surface area contributed by atoms with Gasteiger partial charge < -0.3 is 15.5 Å². The molecule has 3 amide bonds. The van der Waals surface area contributed by atoms with Crippen molar-refractivity contribution in [3.63, 3.8) is 0 Å². The van der Waals surface area contributed by atoms with Gasteiger partial charge in [0, 0.05) is 36.6 Å². The van der Waals surface area contributed by atoms with Crippen molar-refractivity contribution in [2.45, 2.75) is 19.4 Å². The number of thiazole rings is 1. The highest BCUT2D eigenvalue weighted by atomic mass is 32.1. The summed E-state index contributed by atoms with van der Waals surface area (Å²) in [5.41, 5.74) is 2.08. The first kappa shape index (κ1) is 21.8. The van der Waals surface area contributed by atoms with Crippen LogP contribution in [0.15, 0.2) is 54.0 Å². The molecule has 0 bridgehead atoms. The van der Waals surface area contributed by atoms with Crippen molar-refractivity contribution in [2.24, 2.45) is 0 Å². The quantitative estimate of drug-likeness (QED) is 0.394. The van der Waals surface area contributed by atoms with Crippen LogP contribution in [-0.2, 0) is 0 Å². The minimum Gasteiger partial charge on any atom is -0.353 e. The Labute approximate surface area is 200 Å². The smallest absolute Gasteiger partial charge is 0.320 e. The molecule has 0 saturated carbocycles. The number of hydrogen-bond acceptors (Lipinski definition) is 7. The molecule has 0 aliphatic carbocycles. The number of hydrogen-bond donors (Lipinski definition) is 3. The van der Waals surface area contributed by atoms with Crippen molar-refractivity contribution in [3.05, 3.63) is 59.7 Å². The molecule has 1 aliphatic heterocycles. The predicted molar refractivity (Wildman–Crippen MR) is 131 cm³/mol. The van der Waals surface area contributed by atoms with E-state index < -0.39 is 0 Å². The first-order valence-electron chi connectivity index (χ1n) is 11.1. The topological polar surface area (TPSA) is 117 Å². The number of aromatic nitrogens is 4. The van der Waals surface area contributed by atoms with Crippen LogP contribution in [0, 0.1) is 0 Å². The largest absolute Gasteiger partial charge is 0.353 e. The molecule has 4 heterocycles. The molecule has 174 valence electrons. The molecule has 11 heteroatoms. The van der Waals surface area contributed by atoms with Gasteiger partial charge in [0.05, 0.1) is 6.20 Å². The number of nitrogens with one attached hydrogen (secondary N) is 3. The van der Waals surface area contributed by atoms with E-state index in [2.05, 4.69) is 35.9 Å². The summed E-state index contributed by atoms with van der Waals surface area (Å²) in [7, 11) is 0. The fourth-order valence-electron chi connectivity index (χ4n) is 3.86. The lowest BCUT2D eigenvalue weighted by molar-refractivity contribution is 0.0936. The van der Waals surface area contributed by atoms with Crippen molar-refractivity contribution in [1.29, 1.82) is 0 Å². The number of amides is 3. The molecule has 1 atom stereocenters. The molecule has 1 aromatic carbocycles. The van der Waals surface area contributed by atoms with Crippen molar-refractivity contribution < 1.29 is 9.59 Å². The van der Waals surface area contributed by atoms with Crippen LogP contribution in [0.5, 0.6) is 0 Å². The summed E-state index contributed by atoms with van der Waals surface area (Å²) in [6.07, 6.45) is 2.49. The Kier molecular flexibility index (Phi) is 6.09. The molecular formula is C23H24N8O2S. The van der Waals surface area contributed by atoms with Crippen LogP contribution in [0.3, 0.4) is 0 Å². The predicted octanol–water partition coefficient (Wildman–Crippen LogP) is 3.00. The Morgan fingerprint density at radius 3 is 2.82 bits per heavy atom. The number of benzene rings is 1. The number of rotatable bonds is 6. The van der Waals surface area contributed by atoms with E-state index in [1.54, 1.807) is 16.1 Å². The summed E-state index contributed by atoms with van der Waals surface area (Å²) in [5, 5.41) is 15.7. The van der Waals surface area contributed by atoms with Crippen LogP contribution in [0.25, 0.3) is 16.2 Å². The van der Waals surface area contributed by atoms with E-state index in [-0.39, 0.29) is 18.0 Å². The zero-order valence-corrected chi connectivity index (χ0v) is 19.4. The van der Waals surface area contributed by atoms with Crippen LogP contribution in [0.2, 0.25) is 0 Å². The Morgan fingerprint density at radius 2 is 2.00 bits per heavy atom. The van der Waals surface area contributed by atoms with Gasteiger partial charge in [0.15, 0.2) is 11.5 Å². The van der Waals surface area contributed by atoms with Gasteiger partial charge in [-0.25, -0.2) is 19.3 Å². The molecule has 0 unspecified atom stereocenters. The molecule has 10 nitrogen and oxygen atoms in total. The third-order valence-corrected chi connectivity index (χ3v) is 6.38. The number of imidazole rings is 1. The number of urea groups is 1. The second-order valence-corrected chi connectivity index (χ2v) is 8.77. The van der Waals surface area contributed by atoms with E-state index in [0.29, 0.717) is 30.2 Å². The summed E-state index contributed by atoms with van der Waals surface area (Å²) in [4.78, 5) is 35.5. The van der Waals surface area contributed by atoms with Gasteiger partial charge in [0.1, 0.15) is 16.5 Å². The fourth-order valence-corrected chi connectivity index (χ4v) is 4.67. The number of carbonyl (C=O) groups is 2. The monoisotopic (exact) mass is 476 g/mol. The van der Waals surface area contributed by atoms with E-state index in [0.717, 1.165) is 29.4 Å². The minimum atomic E-state index is -0.305. The molecule has 34 heavy (non-hydrogen) atoms. The lowest BCUT2D eigenvalue weighted by Crippen LogP contribution is -2.37. The van der Waals surface area contributed by atoms with Gasteiger partial charge in [-0.15, -0.1) is 16.4 Å². The van der Waals surface area contributed by atoms with Crippen molar-refractivity contribution in [3.8, 4) is 10.6 Å². The molecule has 1 fully saturated rings. The van der Waals surface area contributed by atoms with Gasteiger partial charge in [-0.3, -0.25) is 10.1 Å². The third-order valence-electron chi connectivity index (χ3n) is 5.49. The molecule has 4 aromatic rings. The Balaban J connectivity index is 1.21. The molecule has 1 aliphatic rings. The Hall–Kier alpha value is -3.99. The molecule has 3 aromatic heterocycles. The average Bonchev–Trinajstić information content (AvgIpc) is 3.58. The molecule has 1 saturated heterocycles. The summed E-state index contributed by atoms with van der Waals surface area (Å²) >= 11 is 1.46. The Morgan fingerprint density at radius 1 is 1.15 bits per heavy atom. The highest BCUT2D eigenvalue weighted by molar-refractivity contribution is 7.13. The first-order valence-corrected chi connectivity index (χ1v) is 11.9. The van der Waals surface area contributed by atoms with E-state index >= 15 is 0 Å². The molecule has 0 spiro atoms. The number of carbonyl (C=O) groups excluding carboxylic acids is 2. The maximum absolute atomic E-state index is 12.7. The van der Waals surface area contributed by atoms with Crippen LogP contribution < -0.4 is 20.9 Å². The lowest BCUT2D eigenvalue weighted by Gasteiger charge is -2.17. The van der Waals surface area contributed by atoms with Crippen LogP contribution in [0.4, 0.5) is 16.4 Å². The van der Waals surface area contributed by atoms with Crippen molar-refractivity contribution >= 4 is 40.6 Å². The maximum atomic E-state index is 12.7. The summed E-state index contributed by atoms with van der Waals surface area (Å²) in [6, 6.07) is 13.3. The standard InChI is InChI=1S/C23H24N8O2S/c1-2-24-23(33)28-18-13-31-19(27-18)8-9-20(29-31)30-11-10-16(12-30)25-21(32)17-14-34-22(26-17)15-6-4-3-5-7-15/h3-9,13-14,16H,2,10-12H2,1H3,(H,25,32)(H2,24,28,33)/t16-/m0/s1. The highest BCUT2D eigenvalue weighted by Crippen LogP contribution is 2.24.